The number of hydrogen-bond acceptors (Lipinski definition) is 3. The monoisotopic (exact) mass is 366 g/mol. The molecule has 3 aromatic carbocycles. The van der Waals surface area contributed by atoms with Crippen molar-refractivity contribution in [1.29, 1.82) is 0 Å². The van der Waals surface area contributed by atoms with Crippen LogP contribution in [-0.2, 0) is 10.0 Å². The SMILES string of the molecule is Cc1cccc(NS(=O)(=O)c2ccc(NC(=O)c3ccccc3)cc2)c1. The molecule has 2 N–H and O–H groups in total. The molecule has 0 aliphatic heterocycles. The number of benzene rings is 3. The van der Waals surface area contributed by atoms with Gasteiger partial charge < -0.3 is 5.32 Å². The molecule has 3 aromatic rings. The molecule has 6 heteroatoms. The van der Waals surface area contributed by atoms with Gasteiger partial charge in [-0.25, -0.2) is 8.42 Å². The van der Waals surface area contributed by atoms with E-state index in [-0.39, 0.29) is 10.8 Å². The molecule has 0 atom stereocenters. The molecule has 0 aromatic heterocycles. The lowest BCUT2D eigenvalue weighted by molar-refractivity contribution is 0.102. The topological polar surface area (TPSA) is 75.3 Å². The standard InChI is InChI=1S/C20H18N2O3S/c1-15-6-5-9-18(14-15)22-26(24,25)19-12-10-17(11-13-19)21-20(23)16-7-3-2-4-8-16/h2-14,22H,1H3,(H,21,23). The predicted octanol–water partition coefficient (Wildman–Crippen LogP) is 4.05. The number of sulfonamides is 1. The van der Waals surface area contributed by atoms with Crippen LogP contribution in [0.4, 0.5) is 11.4 Å². The van der Waals surface area contributed by atoms with Crippen LogP contribution in [0, 0.1) is 6.92 Å². The van der Waals surface area contributed by atoms with Gasteiger partial charge >= 0.3 is 0 Å². The number of carbonyl (C=O) groups is 1. The van der Waals surface area contributed by atoms with Gasteiger partial charge in [-0.3, -0.25) is 9.52 Å². The average Bonchev–Trinajstić information content (AvgIpc) is 2.62. The number of anilines is 2. The largest absolute Gasteiger partial charge is 0.322 e. The van der Waals surface area contributed by atoms with Gasteiger partial charge in [0.15, 0.2) is 0 Å². The Labute approximate surface area is 152 Å². The van der Waals surface area contributed by atoms with Crippen molar-refractivity contribution in [3.05, 3.63) is 90.0 Å². The minimum atomic E-state index is -3.69. The molecule has 1 amide bonds. The summed E-state index contributed by atoms with van der Waals surface area (Å²) in [6, 6.07) is 22.0. The molecule has 0 aliphatic rings. The van der Waals surface area contributed by atoms with Crippen molar-refractivity contribution in [1.82, 2.24) is 0 Å². The molecule has 0 heterocycles. The third-order valence-electron chi connectivity index (χ3n) is 3.73. The summed E-state index contributed by atoms with van der Waals surface area (Å²) in [7, 11) is -3.69. The molecule has 26 heavy (non-hydrogen) atoms. The Morgan fingerprint density at radius 1 is 0.808 bits per heavy atom. The normalized spacial score (nSPS) is 11.0. The van der Waals surface area contributed by atoms with Crippen LogP contribution in [-0.4, -0.2) is 14.3 Å². The molecule has 0 saturated carbocycles. The highest BCUT2D eigenvalue weighted by Gasteiger charge is 2.14. The summed E-state index contributed by atoms with van der Waals surface area (Å²) < 4.78 is 27.5. The van der Waals surface area contributed by atoms with Crippen LogP contribution in [0.3, 0.4) is 0 Å². The highest BCUT2D eigenvalue weighted by Crippen LogP contribution is 2.19. The lowest BCUT2D eigenvalue weighted by atomic mass is 10.2. The first-order valence-electron chi connectivity index (χ1n) is 8.00. The van der Waals surface area contributed by atoms with E-state index in [4.69, 9.17) is 0 Å². The van der Waals surface area contributed by atoms with Crippen LogP contribution in [0.15, 0.2) is 83.8 Å². The van der Waals surface area contributed by atoms with Crippen LogP contribution in [0.1, 0.15) is 15.9 Å². The second-order valence-corrected chi connectivity index (χ2v) is 7.50. The number of amides is 1. The molecule has 3 rings (SSSR count). The zero-order valence-electron chi connectivity index (χ0n) is 14.1. The zero-order chi connectivity index (χ0) is 18.6. The van der Waals surface area contributed by atoms with E-state index in [0.717, 1.165) is 5.56 Å². The van der Waals surface area contributed by atoms with Gasteiger partial charge in [0.2, 0.25) is 0 Å². The number of aryl methyl sites for hydroxylation is 1. The maximum Gasteiger partial charge on any atom is 0.261 e. The average molecular weight is 366 g/mol. The number of rotatable bonds is 5. The minimum absolute atomic E-state index is 0.122. The van der Waals surface area contributed by atoms with Crippen molar-refractivity contribution >= 4 is 27.3 Å². The first kappa shape index (κ1) is 17.7. The van der Waals surface area contributed by atoms with Crippen LogP contribution in [0.25, 0.3) is 0 Å². The number of carbonyl (C=O) groups excluding carboxylic acids is 1. The van der Waals surface area contributed by atoms with Crippen molar-refractivity contribution < 1.29 is 13.2 Å². The second kappa shape index (κ2) is 7.41. The molecule has 0 aliphatic carbocycles. The molecule has 0 radical (unpaired) electrons. The predicted molar refractivity (Wildman–Crippen MR) is 103 cm³/mol. The maximum atomic E-state index is 12.5. The fraction of sp³-hybridized carbons (Fsp3) is 0.0500. The maximum absolute atomic E-state index is 12.5. The molecular weight excluding hydrogens is 348 g/mol. The van der Waals surface area contributed by atoms with E-state index < -0.39 is 10.0 Å². The minimum Gasteiger partial charge on any atom is -0.322 e. The highest BCUT2D eigenvalue weighted by atomic mass is 32.2. The molecule has 0 bridgehead atoms. The van der Waals surface area contributed by atoms with Gasteiger partial charge in [-0.2, -0.15) is 0 Å². The summed E-state index contributed by atoms with van der Waals surface area (Å²) in [4.78, 5) is 12.2. The van der Waals surface area contributed by atoms with Crippen molar-refractivity contribution in [2.45, 2.75) is 11.8 Å². The van der Waals surface area contributed by atoms with E-state index in [2.05, 4.69) is 10.0 Å². The van der Waals surface area contributed by atoms with E-state index >= 15 is 0 Å². The van der Waals surface area contributed by atoms with E-state index in [1.165, 1.54) is 12.1 Å². The van der Waals surface area contributed by atoms with Gasteiger partial charge in [-0.15, -0.1) is 0 Å². The van der Waals surface area contributed by atoms with E-state index in [1.54, 1.807) is 54.6 Å². The Morgan fingerprint density at radius 2 is 1.50 bits per heavy atom. The Bertz CT molecular complexity index is 1010. The van der Waals surface area contributed by atoms with Crippen molar-refractivity contribution in [2.75, 3.05) is 10.0 Å². The third-order valence-corrected chi connectivity index (χ3v) is 5.13. The Balaban J connectivity index is 1.73. The molecule has 0 spiro atoms. The van der Waals surface area contributed by atoms with Crippen LogP contribution in [0.5, 0.6) is 0 Å². The fourth-order valence-corrected chi connectivity index (χ4v) is 3.48. The first-order valence-corrected chi connectivity index (χ1v) is 9.48. The van der Waals surface area contributed by atoms with Gasteiger partial charge in [0.25, 0.3) is 15.9 Å². The Hall–Kier alpha value is -3.12. The smallest absolute Gasteiger partial charge is 0.261 e. The van der Waals surface area contributed by atoms with E-state index in [1.807, 2.05) is 19.1 Å². The highest BCUT2D eigenvalue weighted by molar-refractivity contribution is 7.92. The molecule has 0 unspecified atom stereocenters. The number of hydrogen-bond donors (Lipinski definition) is 2. The van der Waals surface area contributed by atoms with Crippen LogP contribution in [0.2, 0.25) is 0 Å². The molecule has 5 nitrogen and oxygen atoms in total. The van der Waals surface area contributed by atoms with E-state index in [9.17, 15) is 13.2 Å². The van der Waals surface area contributed by atoms with Gasteiger partial charge in [0.05, 0.1) is 4.90 Å². The Morgan fingerprint density at radius 3 is 2.15 bits per heavy atom. The van der Waals surface area contributed by atoms with Crippen molar-refractivity contribution in [3.63, 3.8) is 0 Å². The summed E-state index contributed by atoms with van der Waals surface area (Å²) >= 11 is 0. The van der Waals surface area contributed by atoms with Gasteiger partial charge in [-0.05, 0) is 61.0 Å². The molecule has 0 fully saturated rings. The number of nitrogens with one attached hydrogen (secondary N) is 2. The van der Waals surface area contributed by atoms with Gasteiger partial charge in [0.1, 0.15) is 0 Å². The molecule has 0 saturated heterocycles. The molecule has 132 valence electrons. The second-order valence-electron chi connectivity index (χ2n) is 5.82. The fourth-order valence-electron chi connectivity index (χ4n) is 2.43. The quantitative estimate of drug-likeness (QED) is 0.715. The van der Waals surface area contributed by atoms with E-state index in [0.29, 0.717) is 16.9 Å². The summed E-state index contributed by atoms with van der Waals surface area (Å²) in [6.07, 6.45) is 0. The van der Waals surface area contributed by atoms with Crippen LogP contribution < -0.4 is 10.0 Å². The summed E-state index contributed by atoms with van der Waals surface area (Å²) in [5, 5.41) is 2.74. The van der Waals surface area contributed by atoms with Crippen molar-refractivity contribution in [3.8, 4) is 0 Å². The summed E-state index contributed by atoms with van der Waals surface area (Å²) in [5.74, 6) is -0.251. The lowest BCUT2D eigenvalue weighted by Gasteiger charge is -2.10. The molecular formula is C20H18N2O3S. The summed E-state index contributed by atoms with van der Waals surface area (Å²) in [6.45, 7) is 1.89. The zero-order valence-corrected chi connectivity index (χ0v) is 15.0. The van der Waals surface area contributed by atoms with Gasteiger partial charge in [0, 0.05) is 16.9 Å². The van der Waals surface area contributed by atoms with Crippen LogP contribution >= 0.6 is 0 Å². The first-order chi connectivity index (χ1) is 12.4. The van der Waals surface area contributed by atoms with Gasteiger partial charge in [-0.1, -0.05) is 30.3 Å². The van der Waals surface area contributed by atoms with Crippen molar-refractivity contribution in [2.24, 2.45) is 0 Å². The third kappa shape index (κ3) is 4.29. The lowest BCUT2D eigenvalue weighted by Crippen LogP contribution is -2.14. The Kier molecular flexibility index (Phi) is 5.04. The summed E-state index contributed by atoms with van der Waals surface area (Å²) in [5.41, 5.74) is 2.52.